The summed E-state index contributed by atoms with van der Waals surface area (Å²) in [5.41, 5.74) is 1.88. The van der Waals surface area contributed by atoms with Crippen LogP contribution in [0.2, 0.25) is 5.02 Å². The summed E-state index contributed by atoms with van der Waals surface area (Å²) in [6.07, 6.45) is 0. The van der Waals surface area contributed by atoms with E-state index >= 15 is 0 Å². The van der Waals surface area contributed by atoms with Crippen molar-refractivity contribution in [3.8, 4) is 11.3 Å². The van der Waals surface area contributed by atoms with Gasteiger partial charge in [0.1, 0.15) is 5.69 Å². The van der Waals surface area contributed by atoms with Gasteiger partial charge in [-0.2, -0.15) is 5.10 Å². The summed E-state index contributed by atoms with van der Waals surface area (Å²) in [6, 6.07) is 9.08. The number of aromatic nitrogens is 2. The van der Waals surface area contributed by atoms with E-state index in [-0.39, 0.29) is 5.91 Å². The zero-order valence-corrected chi connectivity index (χ0v) is 12.1. The Morgan fingerprint density at radius 3 is 2.90 bits per heavy atom. The average Bonchev–Trinajstić information content (AvgIpc) is 2.94. The van der Waals surface area contributed by atoms with Crippen LogP contribution < -0.4 is 0 Å². The summed E-state index contributed by atoms with van der Waals surface area (Å²) in [4.78, 5) is 13.7. The summed E-state index contributed by atoms with van der Waals surface area (Å²) in [5, 5.41) is 7.49. The molecule has 2 rings (SSSR count). The zero-order chi connectivity index (χ0) is 14.5. The average molecular weight is 294 g/mol. The fraction of sp³-hybridized carbons (Fsp3) is 0.286. The van der Waals surface area contributed by atoms with E-state index < -0.39 is 0 Å². The van der Waals surface area contributed by atoms with Crippen molar-refractivity contribution in [3.63, 3.8) is 0 Å². The van der Waals surface area contributed by atoms with E-state index in [1.807, 2.05) is 18.2 Å². The van der Waals surface area contributed by atoms with Crippen molar-refractivity contribution in [1.82, 2.24) is 15.1 Å². The molecular weight excluding hydrogens is 278 g/mol. The summed E-state index contributed by atoms with van der Waals surface area (Å²) >= 11 is 6.11. The second-order valence-electron chi connectivity index (χ2n) is 4.37. The number of nitrogens with zero attached hydrogens (tertiary/aromatic N) is 2. The van der Waals surface area contributed by atoms with Crippen molar-refractivity contribution in [3.05, 3.63) is 41.0 Å². The number of methoxy groups -OCH3 is 1. The molecule has 0 aliphatic rings. The third kappa shape index (κ3) is 3.18. The first-order valence-electron chi connectivity index (χ1n) is 6.18. The van der Waals surface area contributed by atoms with Crippen molar-refractivity contribution in [2.75, 3.05) is 27.3 Å². The molecule has 5 nitrogen and oxygen atoms in total. The molecule has 1 heterocycles. The van der Waals surface area contributed by atoms with Crippen molar-refractivity contribution in [2.24, 2.45) is 0 Å². The Morgan fingerprint density at radius 2 is 2.20 bits per heavy atom. The Balaban J connectivity index is 2.17. The molecule has 0 aliphatic carbocycles. The van der Waals surface area contributed by atoms with E-state index in [1.165, 1.54) is 0 Å². The highest BCUT2D eigenvalue weighted by atomic mass is 35.5. The number of carbonyl (C=O) groups is 1. The normalized spacial score (nSPS) is 10.6. The standard InChI is InChI=1S/C14H16ClN3O2/c1-18(7-8-20-2)14(19)13-9-12(16-17-13)10-5-3-4-6-11(10)15/h3-6,9H,7-8H2,1-2H3,(H,16,17). The molecule has 106 valence electrons. The van der Waals surface area contributed by atoms with Crippen molar-refractivity contribution in [2.45, 2.75) is 0 Å². The Bertz CT molecular complexity index is 598. The number of carbonyl (C=O) groups excluding carboxylic acids is 1. The minimum absolute atomic E-state index is 0.132. The van der Waals surface area contributed by atoms with Crippen molar-refractivity contribution < 1.29 is 9.53 Å². The molecule has 20 heavy (non-hydrogen) atoms. The minimum atomic E-state index is -0.132. The molecule has 0 aliphatic heterocycles. The molecule has 0 unspecified atom stereocenters. The molecule has 0 fully saturated rings. The largest absolute Gasteiger partial charge is 0.383 e. The number of likely N-dealkylation sites (N-methyl/N-ethyl adjacent to an activating group) is 1. The van der Waals surface area contributed by atoms with Crippen LogP contribution in [0.15, 0.2) is 30.3 Å². The lowest BCUT2D eigenvalue weighted by atomic mass is 10.1. The lowest BCUT2D eigenvalue weighted by Crippen LogP contribution is -2.30. The molecule has 0 spiro atoms. The topological polar surface area (TPSA) is 58.2 Å². The molecule has 0 radical (unpaired) electrons. The van der Waals surface area contributed by atoms with Gasteiger partial charge < -0.3 is 9.64 Å². The Hall–Kier alpha value is -1.85. The second kappa shape index (κ2) is 6.54. The summed E-state index contributed by atoms with van der Waals surface area (Å²) in [6.45, 7) is 1.02. The van der Waals surface area contributed by atoms with Crippen LogP contribution in [-0.2, 0) is 4.74 Å². The SMILES string of the molecule is COCCN(C)C(=O)c1cc(-c2ccccc2Cl)n[nH]1. The van der Waals surface area contributed by atoms with Gasteiger partial charge in [-0.1, -0.05) is 29.8 Å². The smallest absolute Gasteiger partial charge is 0.271 e. The molecule has 2 aromatic rings. The zero-order valence-electron chi connectivity index (χ0n) is 11.4. The number of benzene rings is 1. The second-order valence-corrected chi connectivity index (χ2v) is 4.77. The van der Waals surface area contributed by atoms with Gasteiger partial charge in [0.2, 0.25) is 0 Å². The van der Waals surface area contributed by atoms with Gasteiger partial charge in [0, 0.05) is 26.3 Å². The van der Waals surface area contributed by atoms with Gasteiger partial charge >= 0.3 is 0 Å². The van der Waals surface area contributed by atoms with Crippen LogP contribution in [0.25, 0.3) is 11.3 Å². The quantitative estimate of drug-likeness (QED) is 0.921. The number of hydrogen-bond donors (Lipinski definition) is 1. The number of aromatic amines is 1. The van der Waals surface area contributed by atoms with Crippen molar-refractivity contribution in [1.29, 1.82) is 0 Å². The molecule has 0 saturated carbocycles. The van der Waals surface area contributed by atoms with E-state index in [9.17, 15) is 4.79 Å². The van der Waals surface area contributed by atoms with Gasteiger partial charge in [-0.25, -0.2) is 0 Å². The molecule has 1 amide bonds. The highest BCUT2D eigenvalue weighted by Gasteiger charge is 2.15. The lowest BCUT2D eigenvalue weighted by molar-refractivity contribution is 0.0738. The molecule has 6 heteroatoms. The highest BCUT2D eigenvalue weighted by molar-refractivity contribution is 6.33. The predicted molar refractivity (Wildman–Crippen MR) is 77.9 cm³/mol. The third-order valence-corrected chi connectivity index (χ3v) is 3.27. The molecule has 1 aromatic heterocycles. The molecule has 0 atom stereocenters. The van der Waals surface area contributed by atoms with Crippen LogP contribution >= 0.6 is 11.6 Å². The molecular formula is C14H16ClN3O2. The summed E-state index contributed by atoms with van der Waals surface area (Å²) in [7, 11) is 3.32. The van der Waals surface area contributed by atoms with Crippen LogP contribution in [0, 0.1) is 0 Å². The summed E-state index contributed by atoms with van der Waals surface area (Å²) in [5.74, 6) is -0.132. The maximum atomic E-state index is 12.1. The number of nitrogens with one attached hydrogen (secondary N) is 1. The monoisotopic (exact) mass is 293 g/mol. The molecule has 0 saturated heterocycles. The van der Waals surface area contributed by atoms with Crippen LogP contribution in [0.5, 0.6) is 0 Å². The maximum absolute atomic E-state index is 12.1. The number of halogens is 1. The Kier molecular flexibility index (Phi) is 4.76. The summed E-state index contributed by atoms with van der Waals surface area (Å²) < 4.78 is 4.95. The molecule has 1 N–H and O–H groups in total. The van der Waals surface area contributed by atoms with Gasteiger partial charge in [0.05, 0.1) is 17.3 Å². The van der Waals surface area contributed by atoms with Gasteiger partial charge in [0.25, 0.3) is 5.91 Å². The minimum Gasteiger partial charge on any atom is -0.383 e. The van der Waals surface area contributed by atoms with E-state index in [4.69, 9.17) is 16.3 Å². The van der Waals surface area contributed by atoms with E-state index in [0.29, 0.717) is 29.6 Å². The van der Waals surface area contributed by atoms with Crippen LogP contribution in [-0.4, -0.2) is 48.3 Å². The number of rotatable bonds is 5. The lowest BCUT2D eigenvalue weighted by Gasteiger charge is -2.14. The molecule has 1 aromatic carbocycles. The predicted octanol–water partition coefficient (Wildman–Crippen LogP) is 2.45. The third-order valence-electron chi connectivity index (χ3n) is 2.94. The first-order valence-corrected chi connectivity index (χ1v) is 6.56. The number of H-pyrrole nitrogens is 1. The number of hydrogen-bond acceptors (Lipinski definition) is 3. The van der Waals surface area contributed by atoms with E-state index in [1.54, 1.807) is 31.2 Å². The Labute approximate surface area is 122 Å². The van der Waals surface area contributed by atoms with Gasteiger partial charge in [0.15, 0.2) is 0 Å². The van der Waals surface area contributed by atoms with Crippen molar-refractivity contribution >= 4 is 17.5 Å². The van der Waals surface area contributed by atoms with Crippen LogP contribution in [0.3, 0.4) is 0 Å². The fourth-order valence-corrected chi connectivity index (χ4v) is 2.01. The van der Waals surface area contributed by atoms with E-state index in [0.717, 1.165) is 5.56 Å². The van der Waals surface area contributed by atoms with Crippen LogP contribution in [0.4, 0.5) is 0 Å². The number of amides is 1. The van der Waals surface area contributed by atoms with Gasteiger partial charge in [-0.05, 0) is 12.1 Å². The van der Waals surface area contributed by atoms with Gasteiger partial charge in [-0.3, -0.25) is 9.89 Å². The highest BCUT2D eigenvalue weighted by Crippen LogP contribution is 2.26. The maximum Gasteiger partial charge on any atom is 0.271 e. The first-order chi connectivity index (χ1) is 9.63. The Morgan fingerprint density at radius 1 is 1.45 bits per heavy atom. The van der Waals surface area contributed by atoms with E-state index in [2.05, 4.69) is 10.2 Å². The fourth-order valence-electron chi connectivity index (χ4n) is 1.77. The first kappa shape index (κ1) is 14.6. The number of ether oxygens (including phenoxy) is 1. The molecule has 0 bridgehead atoms. The van der Waals surface area contributed by atoms with Crippen LogP contribution in [0.1, 0.15) is 10.5 Å². The van der Waals surface area contributed by atoms with Gasteiger partial charge in [-0.15, -0.1) is 0 Å².